The Hall–Kier alpha value is -3.67. The van der Waals surface area contributed by atoms with Crippen LogP contribution in [0.25, 0.3) is 0 Å². The van der Waals surface area contributed by atoms with Crippen LogP contribution in [0.2, 0.25) is 0 Å². The van der Waals surface area contributed by atoms with E-state index in [0.29, 0.717) is 11.3 Å². The molecule has 0 fully saturated rings. The highest BCUT2D eigenvalue weighted by atomic mass is 16.6. The summed E-state index contributed by atoms with van der Waals surface area (Å²) in [6, 6.07) is 21.0. The van der Waals surface area contributed by atoms with Crippen molar-refractivity contribution in [2.24, 2.45) is 0 Å². The zero-order valence-corrected chi connectivity index (χ0v) is 17.0. The molecule has 0 spiro atoms. The van der Waals surface area contributed by atoms with Crippen LogP contribution in [-0.2, 0) is 6.42 Å². The smallest absolute Gasteiger partial charge is 0.269 e. The van der Waals surface area contributed by atoms with Crippen LogP contribution in [0.3, 0.4) is 0 Å². The highest BCUT2D eigenvalue weighted by Gasteiger charge is 2.19. The van der Waals surface area contributed by atoms with Crippen LogP contribution >= 0.6 is 0 Å². The van der Waals surface area contributed by atoms with Crippen molar-refractivity contribution in [2.75, 3.05) is 12.4 Å². The number of anilines is 1. The minimum absolute atomic E-state index is 0.0197. The van der Waals surface area contributed by atoms with Crippen LogP contribution in [0, 0.1) is 10.1 Å². The summed E-state index contributed by atoms with van der Waals surface area (Å²) in [5.41, 5.74) is 3.53. The largest absolute Gasteiger partial charge is 0.497 e. The molecule has 0 aromatic heterocycles. The van der Waals surface area contributed by atoms with E-state index in [0.717, 1.165) is 17.7 Å². The van der Waals surface area contributed by atoms with Gasteiger partial charge in [-0.2, -0.15) is 0 Å². The molecule has 0 amide bonds. The van der Waals surface area contributed by atoms with Gasteiger partial charge in [0.15, 0.2) is 5.78 Å². The van der Waals surface area contributed by atoms with Crippen LogP contribution in [-0.4, -0.2) is 17.8 Å². The van der Waals surface area contributed by atoms with E-state index < -0.39 is 4.92 Å². The Morgan fingerprint density at radius 3 is 2.17 bits per heavy atom. The standard InChI is InChI=1S/C24H24N2O4/c1-3-17-4-10-20(11-5-17)25-23(18-6-12-21(13-7-18)26(28)29)16-24(27)19-8-14-22(30-2)15-9-19/h4-15,23,25H,3,16H2,1-2H3. The second-order valence-electron chi connectivity index (χ2n) is 6.95. The lowest BCUT2D eigenvalue weighted by molar-refractivity contribution is -0.384. The Labute approximate surface area is 175 Å². The fourth-order valence-electron chi connectivity index (χ4n) is 3.20. The molecular weight excluding hydrogens is 380 g/mol. The lowest BCUT2D eigenvalue weighted by Gasteiger charge is -2.20. The molecule has 30 heavy (non-hydrogen) atoms. The summed E-state index contributed by atoms with van der Waals surface area (Å²) < 4.78 is 5.15. The number of nitrogens with one attached hydrogen (secondary N) is 1. The fourth-order valence-corrected chi connectivity index (χ4v) is 3.20. The van der Waals surface area contributed by atoms with Crippen molar-refractivity contribution in [3.8, 4) is 5.75 Å². The number of ketones is 1. The van der Waals surface area contributed by atoms with Gasteiger partial charge in [0.1, 0.15) is 5.75 Å². The average Bonchev–Trinajstić information content (AvgIpc) is 2.79. The highest BCUT2D eigenvalue weighted by molar-refractivity contribution is 5.96. The molecule has 0 bridgehead atoms. The minimum Gasteiger partial charge on any atom is -0.497 e. The van der Waals surface area contributed by atoms with Crippen LogP contribution in [0.4, 0.5) is 11.4 Å². The van der Waals surface area contributed by atoms with Gasteiger partial charge in [0.25, 0.3) is 5.69 Å². The third kappa shape index (κ3) is 5.23. The maximum absolute atomic E-state index is 12.9. The molecular formula is C24H24N2O4. The van der Waals surface area contributed by atoms with Crippen molar-refractivity contribution in [3.63, 3.8) is 0 Å². The van der Waals surface area contributed by atoms with E-state index in [-0.39, 0.29) is 23.9 Å². The van der Waals surface area contributed by atoms with Gasteiger partial charge in [-0.05, 0) is 53.9 Å². The van der Waals surface area contributed by atoms with Crippen molar-refractivity contribution >= 4 is 17.2 Å². The number of methoxy groups -OCH3 is 1. The monoisotopic (exact) mass is 404 g/mol. The molecule has 1 N–H and O–H groups in total. The maximum atomic E-state index is 12.9. The van der Waals surface area contributed by atoms with Crippen molar-refractivity contribution in [2.45, 2.75) is 25.8 Å². The first-order valence-corrected chi connectivity index (χ1v) is 9.77. The summed E-state index contributed by atoms with van der Waals surface area (Å²) in [4.78, 5) is 23.4. The molecule has 0 saturated carbocycles. The summed E-state index contributed by atoms with van der Waals surface area (Å²) in [5.74, 6) is 0.659. The van der Waals surface area contributed by atoms with Gasteiger partial charge in [-0.25, -0.2) is 0 Å². The molecule has 3 rings (SSSR count). The first kappa shape index (κ1) is 21.0. The zero-order valence-electron chi connectivity index (χ0n) is 17.0. The Balaban J connectivity index is 1.85. The number of nitro groups is 1. The van der Waals surface area contributed by atoms with E-state index in [9.17, 15) is 14.9 Å². The van der Waals surface area contributed by atoms with Gasteiger partial charge in [0.05, 0.1) is 18.1 Å². The number of carbonyl (C=O) groups excluding carboxylic acids is 1. The Morgan fingerprint density at radius 1 is 1.00 bits per heavy atom. The molecule has 0 saturated heterocycles. The van der Waals surface area contributed by atoms with Crippen molar-refractivity contribution in [1.29, 1.82) is 0 Å². The number of ether oxygens (including phenoxy) is 1. The molecule has 0 aliphatic rings. The molecule has 3 aromatic carbocycles. The van der Waals surface area contributed by atoms with E-state index in [2.05, 4.69) is 12.2 Å². The van der Waals surface area contributed by atoms with Crippen LogP contribution in [0.15, 0.2) is 72.8 Å². The van der Waals surface area contributed by atoms with Gasteiger partial charge < -0.3 is 10.1 Å². The van der Waals surface area contributed by atoms with Gasteiger partial charge >= 0.3 is 0 Å². The molecule has 0 radical (unpaired) electrons. The molecule has 1 atom stereocenters. The molecule has 0 heterocycles. The van der Waals surface area contributed by atoms with Crippen LogP contribution in [0.5, 0.6) is 5.75 Å². The minimum atomic E-state index is -0.432. The van der Waals surface area contributed by atoms with E-state index in [1.165, 1.54) is 17.7 Å². The second kappa shape index (κ2) is 9.69. The summed E-state index contributed by atoms with van der Waals surface area (Å²) in [6.07, 6.45) is 1.15. The molecule has 6 heteroatoms. The van der Waals surface area contributed by atoms with E-state index in [1.54, 1.807) is 43.5 Å². The summed E-state index contributed by atoms with van der Waals surface area (Å²) in [5, 5.41) is 14.4. The lowest BCUT2D eigenvalue weighted by Crippen LogP contribution is -2.16. The number of aryl methyl sites for hydroxylation is 1. The van der Waals surface area contributed by atoms with Crippen molar-refractivity contribution < 1.29 is 14.5 Å². The first-order valence-electron chi connectivity index (χ1n) is 9.77. The second-order valence-corrected chi connectivity index (χ2v) is 6.95. The van der Waals surface area contributed by atoms with Crippen LogP contribution in [0.1, 0.15) is 40.9 Å². The van der Waals surface area contributed by atoms with E-state index in [1.807, 2.05) is 24.3 Å². The Kier molecular flexibility index (Phi) is 6.80. The van der Waals surface area contributed by atoms with E-state index in [4.69, 9.17) is 4.74 Å². The molecule has 0 aliphatic heterocycles. The summed E-state index contributed by atoms with van der Waals surface area (Å²) in [6.45, 7) is 2.09. The van der Waals surface area contributed by atoms with Gasteiger partial charge in [0.2, 0.25) is 0 Å². The van der Waals surface area contributed by atoms with Crippen molar-refractivity contribution in [1.82, 2.24) is 0 Å². The molecule has 1 unspecified atom stereocenters. The van der Waals surface area contributed by atoms with E-state index >= 15 is 0 Å². The highest BCUT2D eigenvalue weighted by Crippen LogP contribution is 2.27. The van der Waals surface area contributed by atoms with Crippen LogP contribution < -0.4 is 10.1 Å². The lowest BCUT2D eigenvalue weighted by atomic mass is 9.97. The van der Waals surface area contributed by atoms with Gasteiger partial charge in [-0.15, -0.1) is 0 Å². The van der Waals surface area contributed by atoms with Gasteiger partial charge in [0, 0.05) is 29.8 Å². The predicted molar refractivity (Wildman–Crippen MR) is 117 cm³/mol. The molecule has 3 aromatic rings. The number of hydrogen-bond donors (Lipinski definition) is 1. The number of carbonyl (C=O) groups is 1. The molecule has 0 aliphatic carbocycles. The normalized spacial score (nSPS) is 11.5. The number of nitro benzene ring substituents is 1. The van der Waals surface area contributed by atoms with Gasteiger partial charge in [-0.1, -0.05) is 31.2 Å². The third-order valence-corrected chi connectivity index (χ3v) is 5.01. The predicted octanol–water partition coefficient (Wildman–Crippen LogP) is 5.59. The number of rotatable bonds is 9. The Bertz CT molecular complexity index is 997. The number of hydrogen-bond acceptors (Lipinski definition) is 5. The number of nitrogens with zero attached hydrogens (tertiary/aromatic N) is 1. The quantitative estimate of drug-likeness (QED) is 0.285. The number of benzene rings is 3. The number of Topliss-reactive ketones (excluding diaryl/α,β-unsaturated/α-hetero) is 1. The Morgan fingerprint density at radius 2 is 1.63 bits per heavy atom. The fraction of sp³-hybridized carbons (Fsp3) is 0.208. The number of non-ortho nitro benzene ring substituents is 1. The summed E-state index contributed by atoms with van der Waals surface area (Å²) >= 11 is 0. The van der Waals surface area contributed by atoms with Gasteiger partial charge in [-0.3, -0.25) is 14.9 Å². The molecule has 154 valence electrons. The SMILES string of the molecule is CCc1ccc(NC(CC(=O)c2ccc(OC)cc2)c2ccc([N+](=O)[O-])cc2)cc1. The first-order chi connectivity index (χ1) is 14.5. The zero-order chi connectivity index (χ0) is 21.5. The summed E-state index contributed by atoms with van der Waals surface area (Å²) in [7, 11) is 1.58. The third-order valence-electron chi connectivity index (χ3n) is 5.01. The average molecular weight is 404 g/mol. The maximum Gasteiger partial charge on any atom is 0.269 e. The molecule has 6 nitrogen and oxygen atoms in total. The van der Waals surface area contributed by atoms with Crippen molar-refractivity contribution in [3.05, 3.63) is 99.6 Å². The topological polar surface area (TPSA) is 81.5 Å².